The van der Waals surface area contributed by atoms with Crippen molar-refractivity contribution in [3.05, 3.63) is 58.8 Å². The molecule has 0 saturated heterocycles. The number of hydrogen-bond acceptors (Lipinski definition) is 6. The Kier molecular flexibility index (Phi) is 7.53. The molecule has 0 bridgehead atoms. The maximum Gasteiger partial charge on any atom is 0.278 e. The number of nitrogens with zero attached hydrogens (tertiary/aromatic N) is 1. The van der Waals surface area contributed by atoms with Crippen LogP contribution >= 0.6 is 0 Å². The van der Waals surface area contributed by atoms with Gasteiger partial charge in [0.15, 0.2) is 0 Å². The molecule has 0 aromatic heterocycles. The largest absolute Gasteiger partial charge is 0.497 e. The Labute approximate surface area is 189 Å². The number of anilines is 1. The molecule has 32 heavy (non-hydrogen) atoms. The quantitative estimate of drug-likeness (QED) is 0.447. The first-order chi connectivity index (χ1) is 15.4. The normalized spacial score (nSPS) is 13.7. The number of methoxy groups -OCH3 is 2. The number of nitrogens with one attached hydrogen (secondary N) is 1. The number of carbonyl (C=O) groups excluding carboxylic acids is 2. The molecule has 0 radical (unpaired) electrons. The van der Waals surface area contributed by atoms with Gasteiger partial charge in [-0.25, -0.2) is 0 Å². The van der Waals surface area contributed by atoms with Gasteiger partial charge < -0.3 is 19.5 Å². The number of ether oxygens (including phenoxy) is 3. The van der Waals surface area contributed by atoms with Crippen LogP contribution in [-0.2, 0) is 14.3 Å². The lowest BCUT2D eigenvalue weighted by Crippen LogP contribution is -2.34. The first-order valence-electron chi connectivity index (χ1n) is 10.7. The molecule has 7 nitrogen and oxygen atoms in total. The molecule has 170 valence electrons. The zero-order valence-corrected chi connectivity index (χ0v) is 19.3. The summed E-state index contributed by atoms with van der Waals surface area (Å²) in [6.45, 7) is 7.21. The molecule has 0 fully saturated rings. The van der Waals surface area contributed by atoms with Crippen molar-refractivity contribution >= 4 is 23.1 Å². The number of rotatable bonds is 10. The van der Waals surface area contributed by atoms with Gasteiger partial charge in [0.05, 0.1) is 25.5 Å². The zero-order chi connectivity index (χ0) is 23.3. The fraction of sp³-hybridized carbons (Fsp3) is 0.360. The predicted octanol–water partition coefficient (Wildman–Crippen LogP) is 3.94. The molecule has 3 rings (SSSR count). The van der Waals surface area contributed by atoms with Gasteiger partial charge in [-0.3, -0.25) is 14.5 Å². The van der Waals surface area contributed by atoms with E-state index in [-0.39, 0.29) is 24.1 Å². The molecule has 0 aliphatic carbocycles. The standard InChI is InChI=1S/C25H30N2O5/c1-6-32-13-7-12-27-24(28)22(19-10-8-16(2)14-17(19)3)23(25(27)29)26-20-15-18(30-4)9-11-21(20)31-5/h8-11,14-15,26H,6-7,12-13H2,1-5H3. The third kappa shape index (κ3) is 4.78. The van der Waals surface area contributed by atoms with Crippen LogP contribution < -0.4 is 14.8 Å². The number of aryl methyl sites for hydroxylation is 2. The average Bonchev–Trinajstić information content (AvgIpc) is 3.00. The minimum absolute atomic E-state index is 0.227. The lowest BCUT2D eigenvalue weighted by atomic mass is 9.97. The third-order valence-electron chi connectivity index (χ3n) is 5.36. The highest BCUT2D eigenvalue weighted by molar-refractivity contribution is 6.36. The SMILES string of the molecule is CCOCCCN1C(=O)C(Nc2cc(OC)ccc2OC)=C(c2ccc(C)cc2C)C1=O. The summed E-state index contributed by atoms with van der Waals surface area (Å²) in [5.41, 5.74) is 3.86. The highest BCUT2D eigenvalue weighted by Crippen LogP contribution is 2.36. The van der Waals surface area contributed by atoms with Crippen LogP contribution in [0.1, 0.15) is 30.0 Å². The molecule has 1 heterocycles. The van der Waals surface area contributed by atoms with E-state index in [1.165, 1.54) is 4.90 Å². The van der Waals surface area contributed by atoms with Gasteiger partial charge in [-0.2, -0.15) is 0 Å². The monoisotopic (exact) mass is 438 g/mol. The molecule has 1 N–H and O–H groups in total. The fourth-order valence-corrected chi connectivity index (χ4v) is 3.75. The summed E-state index contributed by atoms with van der Waals surface area (Å²) < 4.78 is 16.1. The number of imide groups is 1. The van der Waals surface area contributed by atoms with Crippen LogP contribution in [0.25, 0.3) is 5.57 Å². The molecular formula is C25H30N2O5. The van der Waals surface area contributed by atoms with Gasteiger partial charge in [-0.1, -0.05) is 23.8 Å². The highest BCUT2D eigenvalue weighted by atomic mass is 16.5. The second-order valence-electron chi connectivity index (χ2n) is 7.57. The van der Waals surface area contributed by atoms with Crippen molar-refractivity contribution in [2.24, 2.45) is 0 Å². The summed E-state index contributed by atoms with van der Waals surface area (Å²) in [6.07, 6.45) is 0.571. The summed E-state index contributed by atoms with van der Waals surface area (Å²) in [5.74, 6) is 0.454. The summed E-state index contributed by atoms with van der Waals surface area (Å²) in [6, 6.07) is 11.1. The summed E-state index contributed by atoms with van der Waals surface area (Å²) >= 11 is 0. The molecule has 2 amide bonds. The molecular weight excluding hydrogens is 408 g/mol. The second kappa shape index (κ2) is 10.3. The highest BCUT2D eigenvalue weighted by Gasteiger charge is 2.39. The van der Waals surface area contributed by atoms with Crippen molar-refractivity contribution in [1.82, 2.24) is 4.90 Å². The Balaban J connectivity index is 2.05. The molecule has 0 unspecified atom stereocenters. The third-order valence-corrected chi connectivity index (χ3v) is 5.36. The molecule has 0 spiro atoms. The van der Waals surface area contributed by atoms with E-state index in [4.69, 9.17) is 14.2 Å². The van der Waals surface area contributed by atoms with Crippen LogP contribution in [0, 0.1) is 13.8 Å². The van der Waals surface area contributed by atoms with Crippen LogP contribution in [0.5, 0.6) is 11.5 Å². The fourth-order valence-electron chi connectivity index (χ4n) is 3.75. The number of amides is 2. The maximum atomic E-state index is 13.4. The van der Waals surface area contributed by atoms with E-state index < -0.39 is 0 Å². The molecule has 0 saturated carbocycles. The Morgan fingerprint density at radius 1 is 0.969 bits per heavy atom. The molecule has 1 aliphatic rings. The van der Waals surface area contributed by atoms with E-state index >= 15 is 0 Å². The van der Waals surface area contributed by atoms with Crippen molar-refractivity contribution in [1.29, 1.82) is 0 Å². The van der Waals surface area contributed by atoms with E-state index in [9.17, 15) is 9.59 Å². The molecule has 0 atom stereocenters. The van der Waals surface area contributed by atoms with Gasteiger partial charge in [0.25, 0.3) is 11.8 Å². The number of benzene rings is 2. The Morgan fingerprint density at radius 2 is 1.75 bits per heavy atom. The van der Waals surface area contributed by atoms with Crippen LogP contribution in [0.15, 0.2) is 42.1 Å². The van der Waals surface area contributed by atoms with Crippen LogP contribution in [0.3, 0.4) is 0 Å². The lowest BCUT2D eigenvalue weighted by molar-refractivity contribution is -0.137. The van der Waals surface area contributed by atoms with Crippen LogP contribution in [-0.4, -0.2) is 50.7 Å². The summed E-state index contributed by atoms with van der Waals surface area (Å²) in [4.78, 5) is 28.1. The van der Waals surface area contributed by atoms with Gasteiger partial charge in [0.1, 0.15) is 17.2 Å². The Bertz CT molecular complexity index is 1040. The van der Waals surface area contributed by atoms with Gasteiger partial charge in [-0.05, 0) is 50.5 Å². The van der Waals surface area contributed by atoms with Gasteiger partial charge in [-0.15, -0.1) is 0 Å². The van der Waals surface area contributed by atoms with Crippen molar-refractivity contribution in [3.63, 3.8) is 0 Å². The summed E-state index contributed by atoms with van der Waals surface area (Å²) in [7, 11) is 3.12. The van der Waals surface area contributed by atoms with E-state index in [1.54, 1.807) is 32.4 Å². The van der Waals surface area contributed by atoms with E-state index in [1.807, 2.05) is 39.0 Å². The van der Waals surface area contributed by atoms with E-state index in [2.05, 4.69) is 5.32 Å². The molecule has 1 aliphatic heterocycles. The van der Waals surface area contributed by atoms with Gasteiger partial charge in [0.2, 0.25) is 0 Å². The zero-order valence-electron chi connectivity index (χ0n) is 19.3. The van der Waals surface area contributed by atoms with E-state index in [0.717, 1.165) is 16.7 Å². The second-order valence-corrected chi connectivity index (χ2v) is 7.57. The lowest BCUT2D eigenvalue weighted by Gasteiger charge is -2.16. The van der Waals surface area contributed by atoms with Crippen molar-refractivity contribution in [2.75, 3.05) is 39.3 Å². The van der Waals surface area contributed by atoms with Crippen LogP contribution in [0.4, 0.5) is 5.69 Å². The summed E-state index contributed by atoms with van der Waals surface area (Å²) in [5, 5.41) is 3.17. The van der Waals surface area contributed by atoms with Gasteiger partial charge >= 0.3 is 0 Å². The molecule has 7 heteroatoms. The minimum Gasteiger partial charge on any atom is -0.497 e. The number of hydrogen-bond donors (Lipinski definition) is 1. The Hall–Kier alpha value is -3.32. The molecule has 2 aromatic carbocycles. The first-order valence-corrected chi connectivity index (χ1v) is 10.7. The average molecular weight is 439 g/mol. The number of carbonyl (C=O) groups is 2. The van der Waals surface area contributed by atoms with Crippen molar-refractivity contribution < 1.29 is 23.8 Å². The van der Waals surface area contributed by atoms with Crippen molar-refractivity contribution in [2.45, 2.75) is 27.2 Å². The van der Waals surface area contributed by atoms with Gasteiger partial charge in [0, 0.05) is 25.8 Å². The Morgan fingerprint density at radius 3 is 2.41 bits per heavy atom. The molecule has 2 aromatic rings. The minimum atomic E-state index is -0.369. The van der Waals surface area contributed by atoms with Crippen molar-refractivity contribution in [3.8, 4) is 11.5 Å². The smallest absolute Gasteiger partial charge is 0.278 e. The van der Waals surface area contributed by atoms with E-state index in [0.29, 0.717) is 42.4 Å². The van der Waals surface area contributed by atoms with Crippen LogP contribution in [0.2, 0.25) is 0 Å². The topological polar surface area (TPSA) is 77.1 Å². The first kappa shape index (κ1) is 23.3. The predicted molar refractivity (Wildman–Crippen MR) is 124 cm³/mol. The maximum absolute atomic E-state index is 13.4.